The molecule has 3 fully saturated rings. The van der Waals surface area contributed by atoms with Gasteiger partial charge in [0.2, 0.25) is 0 Å². The van der Waals surface area contributed by atoms with Crippen molar-refractivity contribution >= 4 is 5.78 Å². The summed E-state index contributed by atoms with van der Waals surface area (Å²) in [6.45, 7) is 17.2. The lowest BCUT2D eigenvalue weighted by Crippen LogP contribution is -2.57. The maximum atomic E-state index is 12.8. The highest BCUT2D eigenvalue weighted by atomic mass is 16.4. The average molecular weight is 475 g/mol. The van der Waals surface area contributed by atoms with Gasteiger partial charge in [0.05, 0.1) is 11.7 Å². The number of rotatable bonds is 5. The summed E-state index contributed by atoms with van der Waals surface area (Å²) < 4.78 is 0. The van der Waals surface area contributed by atoms with Gasteiger partial charge in [-0.25, -0.2) is 0 Å². The molecule has 4 rings (SSSR count). The van der Waals surface area contributed by atoms with Gasteiger partial charge in [0.25, 0.3) is 0 Å². The highest BCUT2D eigenvalue weighted by molar-refractivity contribution is 5.85. The van der Waals surface area contributed by atoms with Crippen LogP contribution in [0.4, 0.5) is 0 Å². The first-order valence-electron chi connectivity index (χ1n) is 13.8. The Hall–Kier alpha value is -0.710. The molecule has 0 spiro atoms. The van der Waals surface area contributed by atoms with Crippen molar-refractivity contribution in [2.24, 2.45) is 45.3 Å². The standard InChI is InChI=1S/C30H50O4/c1-18(17-22(31)25(33)27(4,5)34)19-11-15-30(8)21-9-10-23-26(2,3)24(32)13-14-28(23,6)20(21)12-16-29(19,30)7/h9,18-20,22-23,25,31,33-34H,10-17H2,1-8H3/t18?,19-,20?,22+,23?,25-,28+,29-,30+/m0/s1. The Bertz CT molecular complexity index is 852. The van der Waals surface area contributed by atoms with E-state index in [0.29, 0.717) is 30.0 Å². The van der Waals surface area contributed by atoms with Crippen molar-refractivity contribution in [3.8, 4) is 0 Å². The van der Waals surface area contributed by atoms with Crippen LogP contribution in [-0.4, -0.2) is 38.9 Å². The average Bonchev–Trinajstić information content (AvgIpc) is 3.01. The Balaban J connectivity index is 1.60. The van der Waals surface area contributed by atoms with E-state index in [1.165, 1.54) is 19.3 Å². The van der Waals surface area contributed by atoms with Crippen LogP contribution >= 0.6 is 0 Å². The number of allylic oxidation sites excluding steroid dienone is 2. The molecule has 0 radical (unpaired) electrons. The third-order valence-corrected chi connectivity index (χ3v) is 12.0. The van der Waals surface area contributed by atoms with E-state index >= 15 is 0 Å². The molecule has 3 N–H and O–H groups in total. The number of hydrogen-bond donors (Lipinski definition) is 3. The zero-order valence-corrected chi connectivity index (χ0v) is 22.9. The highest BCUT2D eigenvalue weighted by Gasteiger charge is 2.65. The largest absolute Gasteiger partial charge is 0.390 e. The molecule has 3 saturated carbocycles. The van der Waals surface area contributed by atoms with Gasteiger partial charge in [-0.15, -0.1) is 0 Å². The van der Waals surface area contributed by atoms with Gasteiger partial charge in [0, 0.05) is 11.8 Å². The van der Waals surface area contributed by atoms with E-state index in [4.69, 9.17) is 0 Å². The van der Waals surface area contributed by atoms with Crippen LogP contribution in [0.15, 0.2) is 11.6 Å². The van der Waals surface area contributed by atoms with Gasteiger partial charge in [-0.3, -0.25) is 4.79 Å². The number of hydrogen-bond acceptors (Lipinski definition) is 4. The van der Waals surface area contributed by atoms with Crippen LogP contribution in [0, 0.1) is 45.3 Å². The lowest BCUT2D eigenvalue weighted by atomic mass is 9.41. The molecule has 9 atom stereocenters. The molecule has 4 heteroatoms. The van der Waals surface area contributed by atoms with Gasteiger partial charge in [-0.2, -0.15) is 0 Å². The zero-order chi connectivity index (χ0) is 25.5. The van der Waals surface area contributed by atoms with Crippen LogP contribution in [0.3, 0.4) is 0 Å². The van der Waals surface area contributed by atoms with E-state index in [9.17, 15) is 20.1 Å². The van der Waals surface area contributed by atoms with E-state index in [1.54, 1.807) is 19.4 Å². The minimum Gasteiger partial charge on any atom is -0.390 e. The fraction of sp³-hybridized carbons (Fsp3) is 0.900. The highest BCUT2D eigenvalue weighted by Crippen LogP contribution is 2.73. The predicted molar refractivity (Wildman–Crippen MR) is 136 cm³/mol. The number of aliphatic hydroxyl groups excluding tert-OH is 2. The molecule has 0 bridgehead atoms. The Kier molecular flexibility index (Phi) is 6.32. The number of fused-ring (bicyclic) bond motifs is 5. The summed E-state index contributed by atoms with van der Waals surface area (Å²) in [5.74, 6) is 2.19. The summed E-state index contributed by atoms with van der Waals surface area (Å²) >= 11 is 0. The van der Waals surface area contributed by atoms with Crippen molar-refractivity contribution in [1.82, 2.24) is 0 Å². The van der Waals surface area contributed by atoms with Crippen molar-refractivity contribution < 1.29 is 20.1 Å². The summed E-state index contributed by atoms with van der Waals surface area (Å²) in [6, 6.07) is 0. The zero-order valence-electron chi connectivity index (χ0n) is 22.9. The van der Waals surface area contributed by atoms with Crippen LogP contribution < -0.4 is 0 Å². The van der Waals surface area contributed by atoms with Crippen molar-refractivity contribution in [3.05, 3.63) is 11.6 Å². The molecule has 0 heterocycles. The van der Waals surface area contributed by atoms with Gasteiger partial charge in [-0.05, 0) is 98.7 Å². The van der Waals surface area contributed by atoms with Gasteiger partial charge < -0.3 is 15.3 Å². The first-order chi connectivity index (χ1) is 15.5. The number of Topliss-reactive ketones (excluding diaryl/α,β-unsaturated/α-hetero) is 1. The molecule has 34 heavy (non-hydrogen) atoms. The lowest BCUT2D eigenvalue weighted by Gasteiger charge is -2.63. The van der Waals surface area contributed by atoms with Crippen molar-refractivity contribution in [2.75, 3.05) is 0 Å². The van der Waals surface area contributed by atoms with E-state index in [0.717, 1.165) is 25.7 Å². The molecule has 3 unspecified atom stereocenters. The molecular weight excluding hydrogens is 424 g/mol. The third-order valence-electron chi connectivity index (χ3n) is 12.0. The minimum absolute atomic E-state index is 0.147. The Morgan fingerprint density at radius 1 is 1.06 bits per heavy atom. The molecule has 194 valence electrons. The Morgan fingerprint density at radius 3 is 2.32 bits per heavy atom. The van der Waals surface area contributed by atoms with E-state index in [2.05, 4.69) is 47.6 Å². The minimum atomic E-state index is -1.31. The molecular formula is C30H50O4. The lowest BCUT2D eigenvalue weighted by molar-refractivity contribution is -0.146. The number of ketones is 1. The topological polar surface area (TPSA) is 77.8 Å². The molecule has 0 saturated heterocycles. The monoisotopic (exact) mass is 474 g/mol. The molecule has 0 amide bonds. The van der Waals surface area contributed by atoms with E-state index < -0.39 is 17.8 Å². The summed E-state index contributed by atoms with van der Waals surface area (Å²) in [4.78, 5) is 12.8. The number of aliphatic hydroxyl groups is 3. The van der Waals surface area contributed by atoms with Gasteiger partial charge >= 0.3 is 0 Å². The van der Waals surface area contributed by atoms with Crippen LogP contribution in [0.25, 0.3) is 0 Å². The van der Waals surface area contributed by atoms with Crippen molar-refractivity contribution in [3.63, 3.8) is 0 Å². The maximum absolute atomic E-state index is 12.8. The van der Waals surface area contributed by atoms with Gasteiger partial charge in [0.1, 0.15) is 11.9 Å². The second kappa shape index (κ2) is 8.15. The Morgan fingerprint density at radius 2 is 1.71 bits per heavy atom. The molecule has 4 nitrogen and oxygen atoms in total. The Labute approximate surface area is 207 Å². The quantitative estimate of drug-likeness (QED) is 0.448. The summed E-state index contributed by atoms with van der Waals surface area (Å²) in [5.41, 5.74) is 0.630. The molecule has 4 aliphatic carbocycles. The van der Waals surface area contributed by atoms with E-state index in [-0.39, 0.29) is 27.6 Å². The predicted octanol–water partition coefficient (Wildman–Crippen LogP) is 5.68. The van der Waals surface area contributed by atoms with Crippen LogP contribution in [0.1, 0.15) is 107 Å². The van der Waals surface area contributed by atoms with Crippen LogP contribution in [0.2, 0.25) is 0 Å². The van der Waals surface area contributed by atoms with Crippen molar-refractivity contribution in [2.45, 2.75) is 125 Å². The fourth-order valence-corrected chi connectivity index (χ4v) is 9.61. The van der Waals surface area contributed by atoms with Crippen LogP contribution in [0.5, 0.6) is 0 Å². The maximum Gasteiger partial charge on any atom is 0.138 e. The first kappa shape index (κ1) is 26.4. The summed E-state index contributed by atoms with van der Waals surface area (Å²) in [5, 5.41) is 31.3. The summed E-state index contributed by atoms with van der Waals surface area (Å²) in [6.07, 6.45) is 8.46. The third kappa shape index (κ3) is 3.60. The SMILES string of the molecule is CC(C[C@@H](O)[C@H](O)C(C)(C)O)[C@@H]1CC[C@]2(C)C3=CCC4C(C)(C)C(=O)CC[C@]4(C)C3CC[C@@]12C. The van der Waals surface area contributed by atoms with Gasteiger partial charge in [-0.1, -0.05) is 53.2 Å². The second-order valence-electron chi connectivity index (χ2n) is 14.5. The molecule has 0 aliphatic heterocycles. The van der Waals surface area contributed by atoms with E-state index in [1.807, 2.05) is 0 Å². The van der Waals surface area contributed by atoms with Gasteiger partial charge in [0.15, 0.2) is 0 Å². The van der Waals surface area contributed by atoms with Crippen molar-refractivity contribution in [1.29, 1.82) is 0 Å². The number of carbonyl (C=O) groups is 1. The summed E-state index contributed by atoms with van der Waals surface area (Å²) in [7, 11) is 0. The molecule has 0 aromatic carbocycles. The first-order valence-corrected chi connectivity index (χ1v) is 13.8. The smallest absolute Gasteiger partial charge is 0.138 e. The fourth-order valence-electron chi connectivity index (χ4n) is 9.61. The van der Waals surface area contributed by atoms with Crippen LogP contribution in [-0.2, 0) is 4.79 Å². The second-order valence-corrected chi connectivity index (χ2v) is 14.5. The molecule has 4 aliphatic rings. The molecule has 0 aromatic rings. The normalized spacial score (nSPS) is 44.4. The molecule has 0 aromatic heterocycles. The number of carbonyl (C=O) groups excluding carboxylic acids is 1.